The van der Waals surface area contributed by atoms with Crippen molar-refractivity contribution in [3.63, 3.8) is 0 Å². The molecule has 0 aromatic carbocycles. The Hall–Kier alpha value is -1.64. The third-order valence-corrected chi connectivity index (χ3v) is 1.90. The first kappa shape index (κ1) is 7.98. The van der Waals surface area contributed by atoms with Crippen LogP contribution in [0.5, 0.6) is 0 Å². The highest BCUT2D eigenvalue weighted by Crippen LogP contribution is 2.08. The summed E-state index contributed by atoms with van der Waals surface area (Å²) in [6, 6.07) is 3.06. The third-order valence-electron chi connectivity index (χ3n) is 1.90. The minimum atomic E-state index is -0.254. The molecule has 2 aromatic rings. The second kappa shape index (κ2) is 3.01. The quantitative estimate of drug-likeness (QED) is 0.641. The van der Waals surface area contributed by atoms with Gasteiger partial charge in [-0.25, -0.2) is 9.37 Å². The van der Waals surface area contributed by atoms with Crippen LogP contribution in [0.4, 0.5) is 4.39 Å². The average molecular weight is 176 g/mol. The molecule has 0 N–H and O–H groups in total. The smallest absolute Gasteiger partial charge is 0.139 e. The summed E-state index contributed by atoms with van der Waals surface area (Å²) in [5.74, 6) is -0.254. The molecule has 2 heterocycles. The second-order valence-corrected chi connectivity index (χ2v) is 2.82. The fourth-order valence-electron chi connectivity index (χ4n) is 1.30. The highest BCUT2D eigenvalue weighted by atomic mass is 19.1. The van der Waals surface area contributed by atoms with Crippen LogP contribution in [0, 0.1) is 5.82 Å². The van der Waals surface area contributed by atoms with Gasteiger partial charge in [-0.3, -0.25) is 0 Å². The maximum absolute atomic E-state index is 12.9. The molecule has 0 saturated heterocycles. The molecule has 0 spiro atoms. The maximum atomic E-state index is 12.9. The van der Waals surface area contributed by atoms with E-state index in [2.05, 4.69) is 11.6 Å². The van der Waals surface area contributed by atoms with Crippen LogP contribution < -0.4 is 0 Å². The van der Waals surface area contributed by atoms with Crippen molar-refractivity contribution >= 4 is 5.65 Å². The minimum absolute atomic E-state index is 0.254. The van der Waals surface area contributed by atoms with Crippen molar-refractivity contribution in [3.8, 4) is 0 Å². The van der Waals surface area contributed by atoms with Crippen LogP contribution in [0.15, 0.2) is 37.2 Å². The van der Waals surface area contributed by atoms with Crippen LogP contribution in [-0.4, -0.2) is 9.38 Å². The normalized spacial score (nSPS) is 10.5. The summed E-state index contributed by atoms with van der Waals surface area (Å²) < 4.78 is 14.6. The predicted octanol–water partition coefficient (Wildman–Crippen LogP) is 2.20. The number of hydrogen-bond donors (Lipinski definition) is 0. The first-order valence-corrected chi connectivity index (χ1v) is 4.03. The van der Waals surface area contributed by atoms with Gasteiger partial charge in [0.05, 0.1) is 0 Å². The first-order valence-electron chi connectivity index (χ1n) is 4.03. The van der Waals surface area contributed by atoms with Gasteiger partial charge in [-0.15, -0.1) is 6.58 Å². The van der Waals surface area contributed by atoms with Crippen molar-refractivity contribution in [1.82, 2.24) is 9.38 Å². The van der Waals surface area contributed by atoms with Crippen LogP contribution in [0.1, 0.15) is 5.69 Å². The Morgan fingerprint density at radius 1 is 1.54 bits per heavy atom. The number of rotatable bonds is 2. The Balaban J connectivity index is 2.64. The van der Waals surface area contributed by atoms with Gasteiger partial charge in [0.25, 0.3) is 0 Å². The molecule has 0 atom stereocenters. The van der Waals surface area contributed by atoms with E-state index in [9.17, 15) is 4.39 Å². The van der Waals surface area contributed by atoms with E-state index < -0.39 is 0 Å². The van der Waals surface area contributed by atoms with Crippen LogP contribution in [0.3, 0.4) is 0 Å². The van der Waals surface area contributed by atoms with E-state index in [1.165, 1.54) is 12.3 Å². The van der Waals surface area contributed by atoms with Crippen molar-refractivity contribution in [1.29, 1.82) is 0 Å². The summed E-state index contributed by atoms with van der Waals surface area (Å²) in [7, 11) is 0. The van der Waals surface area contributed by atoms with Crippen molar-refractivity contribution in [3.05, 3.63) is 48.7 Å². The molecule has 0 unspecified atom stereocenters. The Bertz CT molecular complexity index is 445. The largest absolute Gasteiger partial charge is 0.301 e. The van der Waals surface area contributed by atoms with Gasteiger partial charge in [-0.1, -0.05) is 6.08 Å². The lowest BCUT2D eigenvalue weighted by Gasteiger charge is -1.97. The number of hydrogen-bond acceptors (Lipinski definition) is 1. The van der Waals surface area contributed by atoms with Crippen LogP contribution in [0.2, 0.25) is 0 Å². The maximum Gasteiger partial charge on any atom is 0.139 e. The Morgan fingerprint density at radius 3 is 3.15 bits per heavy atom. The van der Waals surface area contributed by atoms with Gasteiger partial charge in [-0.2, -0.15) is 0 Å². The first-order chi connectivity index (χ1) is 6.31. The molecule has 2 rings (SSSR count). The fraction of sp³-hybridized carbons (Fsp3) is 0.100. The van der Waals surface area contributed by atoms with Crippen molar-refractivity contribution < 1.29 is 4.39 Å². The Labute approximate surface area is 75.3 Å². The van der Waals surface area contributed by atoms with E-state index in [1.807, 2.05) is 0 Å². The zero-order valence-electron chi connectivity index (χ0n) is 7.07. The fourth-order valence-corrected chi connectivity index (χ4v) is 1.30. The third kappa shape index (κ3) is 1.33. The van der Waals surface area contributed by atoms with Crippen molar-refractivity contribution in [2.45, 2.75) is 6.42 Å². The van der Waals surface area contributed by atoms with Crippen LogP contribution in [0.25, 0.3) is 5.65 Å². The zero-order valence-corrected chi connectivity index (χ0v) is 7.07. The SMILES string of the molecule is C=CCc1cnc2ccc(F)cn12. The zero-order chi connectivity index (χ0) is 9.26. The summed E-state index contributed by atoms with van der Waals surface area (Å²) >= 11 is 0. The molecule has 66 valence electrons. The molecular weight excluding hydrogens is 167 g/mol. The van der Waals surface area contributed by atoms with E-state index >= 15 is 0 Å². The molecule has 0 bridgehead atoms. The number of aromatic nitrogens is 2. The van der Waals surface area contributed by atoms with E-state index in [0.717, 1.165) is 11.3 Å². The lowest BCUT2D eigenvalue weighted by atomic mass is 10.3. The molecule has 0 aliphatic rings. The molecule has 13 heavy (non-hydrogen) atoms. The molecule has 0 aliphatic heterocycles. The number of pyridine rings is 1. The lowest BCUT2D eigenvalue weighted by molar-refractivity contribution is 0.618. The number of halogens is 1. The van der Waals surface area contributed by atoms with Gasteiger partial charge in [0.15, 0.2) is 0 Å². The van der Waals surface area contributed by atoms with Gasteiger partial charge < -0.3 is 4.40 Å². The highest BCUT2D eigenvalue weighted by molar-refractivity contribution is 5.40. The van der Waals surface area contributed by atoms with E-state index in [0.29, 0.717) is 6.42 Å². The van der Waals surface area contributed by atoms with Crippen LogP contribution >= 0.6 is 0 Å². The molecule has 3 heteroatoms. The van der Waals surface area contributed by atoms with E-state index in [-0.39, 0.29) is 5.82 Å². The summed E-state index contributed by atoms with van der Waals surface area (Å²) in [4.78, 5) is 4.13. The number of allylic oxidation sites excluding steroid dienone is 1. The molecule has 0 aliphatic carbocycles. The Morgan fingerprint density at radius 2 is 2.38 bits per heavy atom. The van der Waals surface area contributed by atoms with Gasteiger partial charge in [0.1, 0.15) is 11.5 Å². The molecule has 0 saturated carbocycles. The molecule has 2 nitrogen and oxygen atoms in total. The molecule has 0 fully saturated rings. The number of fused-ring (bicyclic) bond motifs is 1. The number of imidazole rings is 1. The number of nitrogens with zero attached hydrogens (tertiary/aromatic N) is 2. The van der Waals surface area contributed by atoms with E-state index in [4.69, 9.17) is 0 Å². The van der Waals surface area contributed by atoms with Gasteiger partial charge in [0.2, 0.25) is 0 Å². The van der Waals surface area contributed by atoms with Gasteiger partial charge in [-0.05, 0) is 12.1 Å². The molecule has 2 aromatic heterocycles. The lowest BCUT2D eigenvalue weighted by Crippen LogP contribution is -1.91. The monoisotopic (exact) mass is 176 g/mol. The highest BCUT2D eigenvalue weighted by Gasteiger charge is 2.01. The minimum Gasteiger partial charge on any atom is -0.301 e. The van der Waals surface area contributed by atoms with E-state index in [1.54, 1.807) is 22.7 Å². The molecule has 0 radical (unpaired) electrons. The summed E-state index contributed by atoms with van der Waals surface area (Å²) in [6.45, 7) is 3.63. The summed E-state index contributed by atoms with van der Waals surface area (Å²) in [6.07, 6.45) is 5.64. The second-order valence-electron chi connectivity index (χ2n) is 2.82. The summed E-state index contributed by atoms with van der Waals surface area (Å²) in [5.41, 5.74) is 1.71. The van der Waals surface area contributed by atoms with Crippen molar-refractivity contribution in [2.24, 2.45) is 0 Å². The van der Waals surface area contributed by atoms with Gasteiger partial charge in [0, 0.05) is 24.5 Å². The topological polar surface area (TPSA) is 17.3 Å². The predicted molar refractivity (Wildman–Crippen MR) is 49.1 cm³/mol. The Kier molecular flexibility index (Phi) is 1.85. The van der Waals surface area contributed by atoms with Gasteiger partial charge >= 0.3 is 0 Å². The molecular formula is C10H9FN2. The summed E-state index contributed by atoms with van der Waals surface area (Å²) in [5, 5.41) is 0. The average Bonchev–Trinajstić information content (AvgIpc) is 2.49. The molecule has 0 amide bonds. The van der Waals surface area contributed by atoms with Crippen molar-refractivity contribution in [2.75, 3.05) is 0 Å². The standard InChI is InChI=1S/C10H9FN2/c1-2-3-9-6-12-10-5-4-8(11)7-13(9)10/h2,4-7H,1,3H2. The van der Waals surface area contributed by atoms with Crippen LogP contribution in [-0.2, 0) is 6.42 Å².